The van der Waals surface area contributed by atoms with Gasteiger partial charge in [-0.3, -0.25) is 0 Å². The van der Waals surface area contributed by atoms with Gasteiger partial charge in [-0.25, -0.2) is 0 Å². The van der Waals surface area contributed by atoms with Gasteiger partial charge in [-0.05, 0) is 19.2 Å². The summed E-state index contributed by atoms with van der Waals surface area (Å²) in [5, 5.41) is 3.36. The van der Waals surface area contributed by atoms with Gasteiger partial charge < -0.3 is 19.7 Å². The van der Waals surface area contributed by atoms with Gasteiger partial charge in [-0.15, -0.1) is 0 Å². The molecule has 0 bridgehead atoms. The van der Waals surface area contributed by atoms with E-state index < -0.39 is 0 Å². The average molecular weight is 252 g/mol. The molecule has 0 saturated carbocycles. The number of hydrogen-bond donors (Lipinski definition) is 1. The number of rotatable bonds is 10. The molecule has 0 saturated heterocycles. The number of ether oxygens (including phenoxy) is 2. The summed E-state index contributed by atoms with van der Waals surface area (Å²) in [4.78, 5) is 2.24. The van der Waals surface area contributed by atoms with Crippen molar-refractivity contribution in [2.45, 2.75) is 0 Å². The fourth-order valence-electron chi connectivity index (χ4n) is 1.51. The van der Waals surface area contributed by atoms with E-state index in [-0.39, 0.29) is 0 Å². The molecule has 0 unspecified atom stereocenters. The standard InChI is InChI=1S/C14H24N2O2/c1-16(11-13-17-2)10-8-15-9-12-18-14-6-4-3-5-7-14/h3-7,15H,8-13H2,1-2H3. The maximum Gasteiger partial charge on any atom is 0.119 e. The molecular formula is C14H24N2O2. The summed E-state index contributed by atoms with van der Waals surface area (Å²) in [5.74, 6) is 0.927. The van der Waals surface area contributed by atoms with Crippen LogP contribution in [0.4, 0.5) is 0 Å². The lowest BCUT2D eigenvalue weighted by Crippen LogP contribution is -2.33. The Morgan fingerprint density at radius 3 is 2.56 bits per heavy atom. The molecule has 0 atom stereocenters. The first-order valence-corrected chi connectivity index (χ1v) is 6.39. The number of nitrogens with zero attached hydrogens (tertiary/aromatic N) is 1. The van der Waals surface area contributed by atoms with E-state index >= 15 is 0 Å². The Kier molecular flexibility index (Phi) is 8.21. The fourth-order valence-corrected chi connectivity index (χ4v) is 1.51. The molecule has 0 radical (unpaired) electrons. The van der Waals surface area contributed by atoms with Crippen LogP contribution in [0.1, 0.15) is 0 Å². The van der Waals surface area contributed by atoms with Crippen LogP contribution in [0.5, 0.6) is 5.75 Å². The average Bonchev–Trinajstić information content (AvgIpc) is 2.41. The third-order valence-electron chi connectivity index (χ3n) is 2.64. The predicted octanol–water partition coefficient (Wildman–Crippen LogP) is 1.23. The predicted molar refractivity (Wildman–Crippen MR) is 74.2 cm³/mol. The van der Waals surface area contributed by atoms with Gasteiger partial charge in [0.05, 0.1) is 6.61 Å². The Hall–Kier alpha value is -1.10. The zero-order valence-electron chi connectivity index (χ0n) is 11.4. The lowest BCUT2D eigenvalue weighted by Gasteiger charge is -2.16. The summed E-state index contributed by atoms with van der Waals surface area (Å²) >= 11 is 0. The smallest absolute Gasteiger partial charge is 0.119 e. The molecule has 1 N–H and O–H groups in total. The Bertz CT molecular complexity index is 293. The van der Waals surface area contributed by atoms with E-state index in [1.165, 1.54) is 0 Å². The zero-order valence-corrected chi connectivity index (χ0v) is 11.4. The summed E-state index contributed by atoms with van der Waals surface area (Å²) in [6, 6.07) is 9.89. The quantitative estimate of drug-likeness (QED) is 0.635. The van der Waals surface area contributed by atoms with Crippen LogP contribution in [0, 0.1) is 0 Å². The first kappa shape index (κ1) is 15.0. The van der Waals surface area contributed by atoms with Crippen molar-refractivity contribution in [1.29, 1.82) is 0 Å². The van der Waals surface area contributed by atoms with E-state index in [4.69, 9.17) is 9.47 Å². The normalized spacial score (nSPS) is 10.8. The van der Waals surface area contributed by atoms with Gasteiger partial charge in [-0.2, -0.15) is 0 Å². The minimum atomic E-state index is 0.700. The van der Waals surface area contributed by atoms with Crippen LogP contribution in [-0.4, -0.2) is 58.5 Å². The molecule has 0 heterocycles. The molecule has 4 heteroatoms. The van der Waals surface area contributed by atoms with Crippen LogP contribution in [0.25, 0.3) is 0 Å². The van der Waals surface area contributed by atoms with Crippen LogP contribution in [0.3, 0.4) is 0 Å². The minimum Gasteiger partial charge on any atom is -0.492 e. The second kappa shape index (κ2) is 9.88. The number of methoxy groups -OCH3 is 1. The highest BCUT2D eigenvalue weighted by Crippen LogP contribution is 2.07. The van der Waals surface area contributed by atoms with Crippen molar-refractivity contribution in [3.63, 3.8) is 0 Å². The van der Waals surface area contributed by atoms with E-state index in [1.807, 2.05) is 30.3 Å². The van der Waals surface area contributed by atoms with Crippen molar-refractivity contribution in [2.75, 3.05) is 53.6 Å². The van der Waals surface area contributed by atoms with Crippen molar-refractivity contribution in [2.24, 2.45) is 0 Å². The van der Waals surface area contributed by atoms with Crippen molar-refractivity contribution in [3.05, 3.63) is 30.3 Å². The van der Waals surface area contributed by atoms with E-state index in [0.29, 0.717) is 6.61 Å². The summed E-state index contributed by atoms with van der Waals surface area (Å²) < 4.78 is 10.6. The van der Waals surface area contributed by atoms with Gasteiger partial charge in [0.2, 0.25) is 0 Å². The van der Waals surface area contributed by atoms with E-state index in [2.05, 4.69) is 17.3 Å². The third-order valence-corrected chi connectivity index (χ3v) is 2.64. The summed E-state index contributed by atoms with van der Waals surface area (Å²) in [6.07, 6.45) is 0. The molecule has 1 rings (SSSR count). The summed E-state index contributed by atoms with van der Waals surface area (Å²) in [5.41, 5.74) is 0. The SMILES string of the molecule is COCCN(C)CCNCCOc1ccccc1. The van der Waals surface area contributed by atoms with Crippen molar-refractivity contribution in [1.82, 2.24) is 10.2 Å². The molecule has 0 aliphatic heterocycles. The zero-order chi connectivity index (χ0) is 13.1. The molecule has 1 aromatic rings. The van der Waals surface area contributed by atoms with Crippen molar-refractivity contribution >= 4 is 0 Å². The van der Waals surface area contributed by atoms with E-state index in [9.17, 15) is 0 Å². The largest absolute Gasteiger partial charge is 0.492 e. The van der Waals surface area contributed by atoms with Gasteiger partial charge in [0, 0.05) is 33.3 Å². The highest BCUT2D eigenvalue weighted by Gasteiger charge is 1.97. The highest BCUT2D eigenvalue weighted by molar-refractivity contribution is 5.20. The summed E-state index contributed by atoms with van der Waals surface area (Å²) in [7, 11) is 3.83. The van der Waals surface area contributed by atoms with Gasteiger partial charge in [0.15, 0.2) is 0 Å². The Morgan fingerprint density at radius 2 is 1.83 bits per heavy atom. The molecule has 102 valence electrons. The van der Waals surface area contributed by atoms with Crippen LogP contribution >= 0.6 is 0 Å². The number of para-hydroxylation sites is 1. The minimum absolute atomic E-state index is 0.700. The molecule has 4 nitrogen and oxygen atoms in total. The van der Waals surface area contributed by atoms with Gasteiger partial charge >= 0.3 is 0 Å². The number of benzene rings is 1. The molecule has 0 aliphatic carbocycles. The molecule has 0 amide bonds. The van der Waals surface area contributed by atoms with E-state index in [0.717, 1.165) is 38.5 Å². The Balaban J connectivity index is 1.93. The van der Waals surface area contributed by atoms with Crippen LogP contribution < -0.4 is 10.1 Å². The maximum absolute atomic E-state index is 5.58. The first-order valence-electron chi connectivity index (χ1n) is 6.39. The maximum atomic E-state index is 5.58. The summed E-state index contributed by atoms with van der Waals surface area (Å²) in [6.45, 7) is 5.32. The van der Waals surface area contributed by atoms with Crippen LogP contribution in [0.15, 0.2) is 30.3 Å². The van der Waals surface area contributed by atoms with Crippen LogP contribution in [0.2, 0.25) is 0 Å². The topological polar surface area (TPSA) is 33.7 Å². The van der Waals surface area contributed by atoms with Gasteiger partial charge in [0.25, 0.3) is 0 Å². The molecular weight excluding hydrogens is 228 g/mol. The molecule has 0 aromatic heterocycles. The van der Waals surface area contributed by atoms with Crippen LogP contribution in [-0.2, 0) is 4.74 Å². The molecule has 1 aromatic carbocycles. The monoisotopic (exact) mass is 252 g/mol. The van der Waals surface area contributed by atoms with Gasteiger partial charge in [-0.1, -0.05) is 18.2 Å². The van der Waals surface area contributed by atoms with Gasteiger partial charge in [0.1, 0.15) is 12.4 Å². The Morgan fingerprint density at radius 1 is 1.06 bits per heavy atom. The number of nitrogens with one attached hydrogen (secondary N) is 1. The lowest BCUT2D eigenvalue weighted by atomic mass is 10.3. The number of likely N-dealkylation sites (N-methyl/N-ethyl adjacent to an activating group) is 1. The molecule has 0 spiro atoms. The lowest BCUT2D eigenvalue weighted by molar-refractivity contribution is 0.161. The molecule has 0 aliphatic rings. The van der Waals surface area contributed by atoms with Crippen molar-refractivity contribution in [3.8, 4) is 5.75 Å². The number of hydrogen-bond acceptors (Lipinski definition) is 4. The third kappa shape index (κ3) is 7.27. The first-order chi connectivity index (χ1) is 8.83. The highest BCUT2D eigenvalue weighted by atomic mass is 16.5. The fraction of sp³-hybridized carbons (Fsp3) is 0.571. The van der Waals surface area contributed by atoms with Crippen molar-refractivity contribution < 1.29 is 9.47 Å². The van der Waals surface area contributed by atoms with E-state index in [1.54, 1.807) is 7.11 Å². The second-order valence-electron chi connectivity index (χ2n) is 4.21. The Labute approximate surface area is 110 Å². The second-order valence-corrected chi connectivity index (χ2v) is 4.21. The molecule has 18 heavy (non-hydrogen) atoms. The molecule has 0 fully saturated rings.